The fourth-order valence-electron chi connectivity index (χ4n) is 2.81. The minimum absolute atomic E-state index is 0.0195. The van der Waals surface area contributed by atoms with Crippen LogP contribution in [0.4, 0.5) is 11.4 Å². The molecule has 5 nitrogen and oxygen atoms in total. The van der Waals surface area contributed by atoms with Gasteiger partial charge in [-0.25, -0.2) is 0 Å². The first-order valence-corrected chi connectivity index (χ1v) is 7.99. The Kier molecular flexibility index (Phi) is 4.51. The molecule has 1 heterocycles. The van der Waals surface area contributed by atoms with E-state index >= 15 is 0 Å². The van der Waals surface area contributed by atoms with Crippen molar-refractivity contribution in [1.82, 2.24) is 0 Å². The lowest BCUT2D eigenvalue weighted by molar-refractivity contribution is -0.119. The van der Waals surface area contributed by atoms with E-state index in [0.29, 0.717) is 18.0 Å². The zero-order chi connectivity index (χ0) is 17.1. The van der Waals surface area contributed by atoms with Gasteiger partial charge in [0.05, 0.1) is 12.1 Å². The molecular formula is C19H20N2O3. The second kappa shape index (κ2) is 6.74. The second-order valence-corrected chi connectivity index (χ2v) is 5.82. The van der Waals surface area contributed by atoms with Gasteiger partial charge >= 0.3 is 0 Å². The van der Waals surface area contributed by atoms with Gasteiger partial charge in [-0.2, -0.15) is 0 Å². The van der Waals surface area contributed by atoms with Crippen molar-refractivity contribution in [3.05, 3.63) is 53.6 Å². The summed E-state index contributed by atoms with van der Waals surface area (Å²) in [4.78, 5) is 25.9. The third kappa shape index (κ3) is 3.40. The van der Waals surface area contributed by atoms with Gasteiger partial charge in [-0.3, -0.25) is 9.59 Å². The molecule has 0 fully saturated rings. The minimum atomic E-state index is -0.180. The summed E-state index contributed by atoms with van der Waals surface area (Å²) < 4.78 is 5.34. The summed E-state index contributed by atoms with van der Waals surface area (Å²) in [6.07, 6.45) is 0.269. The standard InChI is InChI=1S/C19H20N2O3/c1-3-21(15-6-4-5-13(2)9-15)19(23)11-14-7-8-17-16(10-14)20-18(22)12-24-17/h4-10H,3,11-12H2,1-2H3,(H,20,22). The average Bonchev–Trinajstić information content (AvgIpc) is 2.55. The minimum Gasteiger partial charge on any atom is -0.482 e. The number of nitrogens with zero attached hydrogens (tertiary/aromatic N) is 1. The number of aryl methyl sites for hydroxylation is 1. The van der Waals surface area contributed by atoms with Crippen molar-refractivity contribution >= 4 is 23.2 Å². The number of benzene rings is 2. The van der Waals surface area contributed by atoms with E-state index < -0.39 is 0 Å². The topological polar surface area (TPSA) is 58.6 Å². The van der Waals surface area contributed by atoms with E-state index in [0.717, 1.165) is 16.8 Å². The number of anilines is 2. The summed E-state index contributed by atoms with van der Waals surface area (Å²) in [5, 5.41) is 2.77. The lowest BCUT2D eigenvalue weighted by Crippen LogP contribution is -2.32. The van der Waals surface area contributed by atoms with Crippen LogP contribution in [0.1, 0.15) is 18.1 Å². The molecule has 1 aliphatic rings. The number of hydrogen-bond donors (Lipinski definition) is 1. The molecule has 0 aromatic heterocycles. The maximum atomic E-state index is 12.7. The van der Waals surface area contributed by atoms with Crippen molar-refractivity contribution in [2.24, 2.45) is 0 Å². The first-order chi connectivity index (χ1) is 11.6. The molecule has 2 amide bonds. The number of hydrogen-bond acceptors (Lipinski definition) is 3. The number of carbonyl (C=O) groups is 2. The highest BCUT2D eigenvalue weighted by molar-refractivity contribution is 5.97. The van der Waals surface area contributed by atoms with E-state index in [1.807, 2.05) is 44.2 Å². The zero-order valence-corrected chi connectivity index (χ0v) is 13.8. The largest absolute Gasteiger partial charge is 0.482 e. The van der Waals surface area contributed by atoms with Gasteiger partial charge < -0.3 is 15.0 Å². The van der Waals surface area contributed by atoms with Crippen molar-refractivity contribution in [1.29, 1.82) is 0 Å². The molecule has 3 rings (SSSR count). The molecule has 0 aliphatic carbocycles. The molecule has 0 saturated carbocycles. The number of ether oxygens (including phenoxy) is 1. The number of amides is 2. The number of carbonyl (C=O) groups excluding carboxylic acids is 2. The number of likely N-dealkylation sites (N-methyl/N-ethyl adjacent to an activating group) is 1. The zero-order valence-electron chi connectivity index (χ0n) is 13.8. The Balaban J connectivity index is 1.78. The molecule has 2 aromatic carbocycles. The monoisotopic (exact) mass is 324 g/mol. The van der Waals surface area contributed by atoms with Gasteiger partial charge in [-0.15, -0.1) is 0 Å². The van der Waals surface area contributed by atoms with Gasteiger partial charge in [-0.05, 0) is 49.2 Å². The molecule has 0 unspecified atom stereocenters. The van der Waals surface area contributed by atoms with Crippen LogP contribution in [0.5, 0.6) is 5.75 Å². The number of fused-ring (bicyclic) bond motifs is 1. The molecule has 0 radical (unpaired) electrons. The first kappa shape index (κ1) is 16.1. The second-order valence-electron chi connectivity index (χ2n) is 5.82. The van der Waals surface area contributed by atoms with E-state index in [1.54, 1.807) is 17.0 Å². The van der Waals surface area contributed by atoms with E-state index in [4.69, 9.17) is 4.74 Å². The molecule has 1 aliphatic heterocycles. The van der Waals surface area contributed by atoms with Crippen LogP contribution in [0, 0.1) is 6.92 Å². The Morgan fingerprint density at radius 2 is 2.08 bits per heavy atom. The van der Waals surface area contributed by atoms with Crippen LogP contribution in [0.3, 0.4) is 0 Å². The lowest BCUT2D eigenvalue weighted by Gasteiger charge is -2.22. The van der Waals surface area contributed by atoms with Crippen molar-refractivity contribution in [2.75, 3.05) is 23.4 Å². The van der Waals surface area contributed by atoms with Gasteiger partial charge in [-0.1, -0.05) is 18.2 Å². The molecule has 1 N–H and O–H groups in total. The van der Waals surface area contributed by atoms with Crippen LogP contribution in [0.15, 0.2) is 42.5 Å². The molecule has 0 atom stereocenters. The third-order valence-electron chi connectivity index (χ3n) is 3.96. The molecule has 0 spiro atoms. The Hall–Kier alpha value is -2.82. The quantitative estimate of drug-likeness (QED) is 0.941. The van der Waals surface area contributed by atoms with Crippen LogP contribution < -0.4 is 15.0 Å². The summed E-state index contributed by atoms with van der Waals surface area (Å²) in [6.45, 7) is 4.60. The summed E-state index contributed by atoms with van der Waals surface area (Å²) in [5.74, 6) is 0.476. The van der Waals surface area contributed by atoms with E-state index in [9.17, 15) is 9.59 Å². The normalized spacial score (nSPS) is 12.8. The predicted molar refractivity (Wildman–Crippen MR) is 93.5 cm³/mol. The van der Waals surface area contributed by atoms with Crippen LogP contribution in [0.25, 0.3) is 0 Å². The molecular weight excluding hydrogens is 304 g/mol. The predicted octanol–water partition coefficient (Wildman–Crippen LogP) is 2.92. The lowest BCUT2D eigenvalue weighted by atomic mass is 10.1. The van der Waals surface area contributed by atoms with E-state index in [2.05, 4.69) is 5.32 Å². The summed E-state index contributed by atoms with van der Waals surface area (Å²) >= 11 is 0. The third-order valence-corrected chi connectivity index (χ3v) is 3.96. The Morgan fingerprint density at radius 1 is 1.25 bits per heavy atom. The number of nitrogens with one attached hydrogen (secondary N) is 1. The van der Waals surface area contributed by atoms with Crippen LogP contribution in [-0.2, 0) is 16.0 Å². The van der Waals surface area contributed by atoms with E-state index in [-0.39, 0.29) is 24.8 Å². The average molecular weight is 324 g/mol. The molecule has 5 heteroatoms. The summed E-state index contributed by atoms with van der Waals surface area (Å²) in [7, 11) is 0. The van der Waals surface area contributed by atoms with Gasteiger partial charge in [0.1, 0.15) is 5.75 Å². The maximum absolute atomic E-state index is 12.7. The maximum Gasteiger partial charge on any atom is 0.262 e. The van der Waals surface area contributed by atoms with Gasteiger partial charge in [0.2, 0.25) is 5.91 Å². The Bertz CT molecular complexity index is 786. The SMILES string of the molecule is CCN(C(=O)Cc1ccc2c(c1)NC(=O)CO2)c1cccc(C)c1. The van der Waals surface area contributed by atoms with Gasteiger partial charge in [0.25, 0.3) is 5.91 Å². The fourth-order valence-corrected chi connectivity index (χ4v) is 2.81. The van der Waals surface area contributed by atoms with Crippen LogP contribution in [-0.4, -0.2) is 25.0 Å². The molecule has 2 aromatic rings. The molecule has 0 bridgehead atoms. The first-order valence-electron chi connectivity index (χ1n) is 7.99. The van der Waals surface area contributed by atoms with Gasteiger partial charge in [0.15, 0.2) is 6.61 Å². The molecule has 0 saturated heterocycles. The van der Waals surface area contributed by atoms with Crippen molar-refractivity contribution in [3.63, 3.8) is 0 Å². The Labute approximate surface area is 141 Å². The van der Waals surface area contributed by atoms with Crippen molar-refractivity contribution in [3.8, 4) is 5.75 Å². The van der Waals surface area contributed by atoms with E-state index in [1.165, 1.54) is 0 Å². The van der Waals surface area contributed by atoms with Crippen molar-refractivity contribution in [2.45, 2.75) is 20.3 Å². The van der Waals surface area contributed by atoms with Crippen LogP contribution in [0.2, 0.25) is 0 Å². The summed E-state index contributed by atoms with van der Waals surface area (Å²) in [5.41, 5.74) is 3.48. The van der Waals surface area contributed by atoms with Gasteiger partial charge in [0, 0.05) is 12.2 Å². The highest BCUT2D eigenvalue weighted by atomic mass is 16.5. The highest BCUT2D eigenvalue weighted by Gasteiger charge is 2.18. The Morgan fingerprint density at radius 3 is 2.83 bits per heavy atom. The highest BCUT2D eigenvalue weighted by Crippen LogP contribution is 2.29. The smallest absolute Gasteiger partial charge is 0.262 e. The van der Waals surface area contributed by atoms with Crippen LogP contribution >= 0.6 is 0 Å². The summed E-state index contributed by atoms with van der Waals surface area (Å²) in [6, 6.07) is 13.4. The molecule has 24 heavy (non-hydrogen) atoms. The van der Waals surface area contributed by atoms with Crippen molar-refractivity contribution < 1.29 is 14.3 Å². The number of rotatable bonds is 4. The fraction of sp³-hybridized carbons (Fsp3) is 0.263. The molecule has 124 valence electrons.